The summed E-state index contributed by atoms with van der Waals surface area (Å²) < 4.78 is 10.1. The Morgan fingerprint density at radius 1 is 1.28 bits per heavy atom. The summed E-state index contributed by atoms with van der Waals surface area (Å²) in [6.07, 6.45) is 0. The fraction of sp³-hybridized carbons (Fsp3) is 0.294. The molecule has 0 aliphatic rings. The van der Waals surface area contributed by atoms with Crippen LogP contribution in [-0.2, 0) is 14.3 Å². The molecular weight excluding hydrogens is 406 g/mol. The number of likely N-dealkylation sites (N-methyl/N-ethyl adjacent to an activating group) is 1. The molecule has 0 unspecified atom stereocenters. The van der Waals surface area contributed by atoms with Gasteiger partial charge in [0, 0.05) is 7.05 Å². The van der Waals surface area contributed by atoms with Gasteiger partial charge in [0.05, 0.1) is 17.6 Å². The van der Waals surface area contributed by atoms with Crippen LogP contribution in [-0.4, -0.2) is 53.8 Å². The topological polar surface area (TPSA) is 137 Å². The summed E-state index contributed by atoms with van der Waals surface area (Å²) in [5.74, 6) is -0.724. The average molecular weight is 424 g/mol. The summed E-state index contributed by atoms with van der Waals surface area (Å²) in [6.45, 7) is 1.29. The second kappa shape index (κ2) is 10.2. The molecule has 1 aromatic carbocycles. The number of aromatic nitrogens is 2. The molecule has 0 atom stereocenters. The smallest absolute Gasteiger partial charge is 0.326 e. The number of amides is 1. The number of hydrogen-bond donors (Lipinski definition) is 1. The minimum absolute atomic E-state index is 0.0342. The van der Waals surface area contributed by atoms with Crippen molar-refractivity contribution in [2.45, 2.75) is 6.92 Å². The van der Waals surface area contributed by atoms with Crippen molar-refractivity contribution in [2.24, 2.45) is 0 Å². The van der Waals surface area contributed by atoms with E-state index < -0.39 is 23.4 Å². The number of rotatable bonds is 9. The number of hydrogen-bond acceptors (Lipinski definition) is 9. The van der Waals surface area contributed by atoms with E-state index in [1.807, 2.05) is 0 Å². The van der Waals surface area contributed by atoms with Gasteiger partial charge in [-0.05, 0) is 31.2 Å². The Balaban J connectivity index is 1.90. The van der Waals surface area contributed by atoms with Gasteiger partial charge in [0.25, 0.3) is 11.6 Å². The van der Waals surface area contributed by atoms with Gasteiger partial charge in [0.2, 0.25) is 0 Å². The highest BCUT2D eigenvalue weighted by atomic mass is 35.5. The molecule has 0 fully saturated rings. The zero-order valence-corrected chi connectivity index (χ0v) is 16.4. The number of nitro benzene ring substituents is 1. The predicted octanol–water partition coefficient (Wildman–Crippen LogP) is 2.05. The summed E-state index contributed by atoms with van der Waals surface area (Å²) in [5.41, 5.74) is -0.371. The molecule has 0 aliphatic heterocycles. The summed E-state index contributed by atoms with van der Waals surface area (Å²) in [6, 6.07) is 7.12. The monoisotopic (exact) mass is 423 g/mol. The third kappa shape index (κ3) is 6.57. The molecule has 0 aliphatic carbocycles. The zero-order valence-electron chi connectivity index (χ0n) is 15.6. The first-order valence-corrected chi connectivity index (χ1v) is 8.75. The van der Waals surface area contributed by atoms with Crippen LogP contribution in [0.25, 0.3) is 0 Å². The summed E-state index contributed by atoms with van der Waals surface area (Å²) in [4.78, 5) is 35.9. The lowest BCUT2D eigenvalue weighted by Gasteiger charge is -2.16. The Kier molecular flexibility index (Phi) is 7.66. The molecular formula is C17H18ClN5O6. The van der Waals surface area contributed by atoms with Gasteiger partial charge in [0.15, 0.2) is 17.6 Å². The van der Waals surface area contributed by atoms with Crippen LogP contribution in [0.1, 0.15) is 6.92 Å². The minimum Gasteiger partial charge on any atom is -0.494 e. The van der Waals surface area contributed by atoms with Crippen LogP contribution in [0.15, 0.2) is 30.3 Å². The molecule has 1 aromatic heterocycles. The first-order valence-electron chi connectivity index (χ1n) is 8.37. The van der Waals surface area contributed by atoms with Crippen molar-refractivity contribution in [3.05, 3.63) is 45.6 Å². The van der Waals surface area contributed by atoms with E-state index in [4.69, 9.17) is 21.1 Å². The number of halogens is 1. The van der Waals surface area contributed by atoms with Crippen LogP contribution in [0.5, 0.6) is 5.75 Å². The van der Waals surface area contributed by atoms with E-state index in [2.05, 4.69) is 15.5 Å². The third-order valence-corrected chi connectivity index (χ3v) is 3.69. The number of nitrogens with one attached hydrogen (secondary N) is 1. The number of esters is 1. The normalized spacial score (nSPS) is 10.2. The van der Waals surface area contributed by atoms with Crippen LogP contribution >= 0.6 is 11.6 Å². The second-order valence-electron chi connectivity index (χ2n) is 5.65. The van der Waals surface area contributed by atoms with Crippen molar-refractivity contribution >= 4 is 40.7 Å². The van der Waals surface area contributed by atoms with Gasteiger partial charge in [-0.2, -0.15) is 0 Å². The van der Waals surface area contributed by atoms with Crippen molar-refractivity contribution in [3.8, 4) is 5.75 Å². The molecule has 0 bridgehead atoms. The van der Waals surface area contributed by atoms with Crippen molar-refractivity contribution in [2.75, 3.05) is 37.0 Å². The Hall–Kier alpha value is -3.47. The molecule has 1 N–H and O–H groups in total. The fourth-order valence-corrected chi connectivity index (χ4v) is 2.29. The Labute approximate surface area is 170 Å². The number of anilines is 2. The fourth-order valence-electron chi connectivity index (χ4n) is 2.19. The van der Waals surface area contributed by atoms with Gasteiger partial charge in [0.1, 0.15) is 18.0 Å². The van der Waals surface area contributed by atoms with E-state index in [9.17, 15) is 19.7 Å². The van der Waals surface area contributed by atoms with Crippen molar-refractivity contribution in [3.63, 3.8) is 0 Å². The molecule has 0 saturated carbocycles. The van der Waals surface area contributed by atoms with Gasteiger partial charge < -0.3 is 19.7 Å². The third-order valence-electron chi connectivity index (χ3n) is 3.49. The average Bonchev–Trinajstić information content (AvgIpc) is 2.68. The highest BCUT2D eigenvalue weighted by Gasteiger charge is 2.18. The first kappa shape index (κ1) is 21.8. The maximum Gasteiger partial charge on any atom is 0.326 e. The number of benzene rings is 1. The number of nitro groups is 1. The lowest BCUT2D eigenvalue weighted by atomic mass is 10.2. The van der Waals surface area contributed by atoms with Gasteiger partial charge in [-0.1, -0.05) is 11.6 Å². The van der Waals surface area contributed by atoms with Gasteiger partial charge in [-0.25, -0.2) is 0 Å². The molecule has 154 valence electrons. The molecule has 2 aromatic rings. The molecule has 1 amide bonds. The minimum atomic E-state index is -0.723. The second-order valence-corrected chi connectivity index (χ2v) is 6.04. The van der Waals surface area contributed by atoms with Gasteiger partial charge in [-0.15, -0.1) is 10.2 Å². The SMILES string of the molecule is CCOc1ccc(NC(=O)COC(=O)CN(C)c2ccc(Cl)nn2)c([N+](=O)[O-])c1. The van der Waals surface area contributed by atoms with Crippen LogP contribution in [0.4, 0.5) is 17.2 Å². The Bertz CT molecular complexity index is 892. The van der Waals surface area contributed by atoms with Crippen molar-refractivity contribution in [1.29, 1.82) is 0 Å². The summed E-state index contributed by atoms with van der Waals surface area (Å²) in [5, 5.41) is 21.2. The standard InChI is InChI=1S/C17H18ClN5O6/c1-3-28-11-4-5-12(13(8-11)23(26)27)19-16(24)10-29-17(25)9-22(2)15-7-6-14(18)20-21-15/h4-8H,3,9-10H2,1-2H3,(H,19,24). The summed E-state index contributed by atoms with van der Waals surface area (Å²) >= 11 is 5.65. The highest BCUT2D eigenvalue weighted by Crippen LogP contribution is 2.29. The van der Waals surface area contributed by atoms with Crippen LogP contribution < -0.4 is 15.0 Å². The molecule has 29 heavy (non-hydrogen) atoms. The maximum absolute atomic E-state index is 12.0. The van der Waals surface area contributed by atoms with E-state index in [1.54, 1.807) is 20.0 Å². The highest BCUT2D eigenvalue weighted by molar-refractivity contribution is 6.29. The first-order chi connectivity index (χ1) is 13.8. The number of carbonyl (C=O) groups is 2. The van der Waals surface area contributed by atoms with E-state index >= 15 is 0 Å². The van der Waals surface area contributed by atoms with Crippen LogP contribution in [0.3, 0.4) is 0 Å². The largest absolute Gasteiger partial charge is 0.494 e. The Morgan fingerprint density at radius 2 is 2.03 bits per heavy atom. The Morgan fingerprint density at radius 3 is 2.66 bits per heavy atom. The lowest BCUT2D eigenvalue weighted by molar-refractivity contribution is -0.384. The van der Waals surface area contributed by atoms with Crippen LogP contribution in [0, 0.1) is 10.1 Å². The van der Waals surface area contributed by atoms with E-state index in [-0.39, 0.29) is 23.1 Å². The molecule has 2 rings (SSSR count). The molecule has 1 heterocycles. The molecule has 0 saturated heterocycles. The molecule has 11 nitrogen and oxygen atoms in total. The predicted molar refractivity (Wildman–Crippen MR) is 104 cm³/mol. The van der Waals surface area contributed by atoms with Crippen molar-refractivity contribution in [1.82, 2.24) is 10.2 Å². The number of nitrogens with zero attached hydrogens (tertiary/aromatic N) is 4. The molecule has 0 spiro atoms. The molecule has 0 radical (unpaired) electrons. The quantitative estimate of drug-likeness (QED) is 0.365. The van der Waals surface area contributed by atoms with Crippen molar-refractivity contribution < 1.29 is 24.0 Å². The zero-order chi connectivity index (χ0) is 21.4. The van der Waals surface area contributed by atoms with E-state index in [0.29, 0.717) is 18.2 Å². The maximum atomic E-state index is 12.0. The van der Waals surface area contributed by atoms with E-state index in [1.165, 1.54) is 29.2 Å². The number of ether oxygens (including phenoxy) is 2. The van der Waals surface area contributed by atoms with E-state index in [0.717, 1.165) is 0 Å². The lowest BCUT2D eigenvalue weighted by Crippen LogP contribution is -2.30. The van der Waals surface area contributed by atoms with Crippen LogP contribution in [0.2, 0.25) is 5.15 Å². The molecule has 12 heteroatoms. The summed E-state index contributed by atoms with van der Waals surface area (Å²) in [7, 11) is 1.59. The number of carbonyl (C=O) groups excluding carboxylic acids is 2. The van der Waals surface area contributed by atoms with Gasteiger partial charge >= 0.3 is 5.97 Å². The van der Waals surface area contributed by atoms with Gasteiger partial charge in [-0.3, -0.25) is 19.7 Å².